The molecule has 0 bridgehead atoms. The van der Waals surface area contributed by atoms with Crippen LogP contribution >= 0.6 is 0 Å². The highest BCUT2D eigenvalue weighted by Gasteiger charge is 2.31. The van der Waals surface area contributed by atoms with Crippen LogP contribution in [0, 0.1) is 0 Å². The van der Waals surface area contributed by atoms with Crippen molar-refractivity contribution >= 4 is 12.1 Å². The monoisotopic (exact) mass is 403 g/mol. The van der Waals surface area contributed by atoms with E-state index in [9.17, 15) is 14.7 Å². The summed E-state index contributed by atoms with van der Waals surface area (Å²) in [5.74, 6) is -1.06. The molecule has 2 aliphatic rings. The molecule has 3 aromatic rings. The van der Waals surface area contributed by atoms with Gasteiger partial charge in [0.25, 0.3) is 0 Å². The molecule has 30 heavy (non-hydrogen) atoms. The number of alkyl carbamates (subject to hydrolysis) is 1. The number of carboxylic acids is 1. The number of benzene rings is 2. The van der Waals surface area contributed by atoms with Gasteiger partial charge < -0.3 is 15.2 Å². The number of hydrogen-bond acceptors (Lipinski definition) is 4. The number of amides is 1. The largest absolute Gasteiger partial charge is 0.476 e. The minimum absolute atomic E-state index is 0.00386. The summed E-state index contributed by atoms with van der Waals surface area (Å²) < 4.78 is 5.61. The Balaban J connectivity index is 1.30. The number of aromatic carboxylic acids is 1. The first kappa shape index (κ1) is 18.4. The highest BCUT2D eigenvalue weighted by molar-refractivity contribution is 5.87. The molecule has 1 aromatic heterocycles. The highest BCUT2D eigenvalue weighted by atomic mass is 16.5. The second-order valence-corrected chi connectivity index (χ2v) is 7.68. The lowest BCUT2D eigenvalue weighted by molar-refractivity contribution is 0.0689. The summed E-state index contributed by atoms with van der Waals surface area (Å²) in [4.78, 5) is 23.9. The summed E-state index contributed by atoms with van der Waals surface area (Å²) in [5.41, 5.74) is 6.03. The molecule has 1 heterocycles. The van der Waals surface area contributed by atoms with Crippen LogP contribution in [0.15, 0.2) is 48.5 Å². The van der Waals surface area contributed by atoms with Gasteiger partial charge >= 0.3 is 12.1 Å². The number of aromatic nitrogens is 2. The Labute approximate surface area is 173 Å². The Hall–Kier alpha value is -3.61. The van der Waals surface area contributed by atoms with Crippen LogP contribution in [0.5, 0.6) is 0 Å². The Morgan fingerprint density at radius 3 is 2.43 bits per heavy atom. The van der Waals surface area contributed by atoms with Crippen LogP contribution in [-0.4, -0.2) is 34.0 Å². The van der Waals surface area contributed by atoms with Crippen molar-refractivity contribution in [2.24, 2.45) is 0 Å². The molecule has 0 fully saturated rings. The first-order chi connectivity index (χ1) is 14.6. The summed E-state index contributed by atoms with van der Waals surface area (Å²) in [7, 11) is 0. The van der Waals surface area contributed by atoms with Crippen LogP contribution in [-0.2, 0) is 11.2 Å². The third kappa shape index (κ3) is 3.03. The quantitative estimate of drug-likeness (QED) is 0.610. The fraction of sp³-hybridized carbons (Fsp3) is 0.261. The van der Waals surface area contributed by atoms with Crippen molar-refractivity contribution < 1.29 is 19.4 Å². The van der Waals surface area contributed by atoms with Crippen molar-refractivity contribution in [3.63, 3.8) is 0 Å². The number of carbonyl (C=O) groups is 2. The maximum atomic E-state index is 12.6. The summed E-state index contributed by atoms with van der Waals surface area (Å²) in [6.45, 7) is 0.239. The smallest absolute Gasteiger partial charge is 0.407 e. The van der Waals surface area contributed by atoms with E-state index in [-0.39, 0.29) is 24.3 Å². The Bertz CT molecular complexity index is 1090. The van der Waals surface area contributed by atoms with Gasteiger partial charge in [0.2, 0.25) is 0 Å². The summed E-state index contributed by atoms with van der Waals surface area (Å²) in [6.07, 6.45) is 1.61. The number of carbonyl (C=O) groups excluding carboxylic acids is 1. The second-order valence-electron chi connectivity index (χ2n) is 7.68. The predicted molar refractivity (Wildman–Crippen MR) is 109 cm³/mol. The molecule has 3 N–H and O–H groups in total. The first-order valence-corrected chi connectivity index (χ1v) is 10.1. The minimum Gasteiger partial charge on any atom is -0.476 e. The number of nitrogens with one attached hydrogen (secondary N) is 2. The SMILES string of the molecule is O=C(NC1CCCc2c(C(=O)O)n[nH]c21)OCC1c2ccccc2-c2ccccc21. The van der Waals surface area contributed by atoms with Gasteiger partial charge in [0.1, 0.15) is 6.61 Å². The minimum atomic E-state index is -1.06. The zero-order valence-corrected chi connectivity index (χ0v) is 16.2. The van der Waals surface area contributed by atoms with Crippen LogP contribution in [0.1, 0.15) is 57.7 Å². The maximum absolute atomic E-state index is 12.6. The molecule has 0 aliphatic heterocycles. The molecule has 2 aromatic carbocycles. The van der Waals surface area contributed by atoms with Gasteiger partial charge in [-0.2, -0.15) is 5.10 Å². The van der Waals surface area contributed by atoms with Gasteiger partial charge in [-0.25, -0.2) is 9.59 Å². The predicted octanol–water partition coefficient (Wildman–Crippen LogP) is 4.02. The van der Waals surface area contributed by atoms with Gasteiger partial charge in [-0.1, -0.05) is 48.5 Å². The van der Waals surface area contributed by atoms with Crippen LogP contribution in [0.3, 0.4) is 0 Å². The molecule has 0 radical (unpaired) electrons. The van der Waals surface area contributed by atoms with Crippen molar-refractivity contribution in [2.75, 3.05) is 6.61 Å². The van der Waals surface area contributed by atoms with Crippen LogP contribution in [0.2, 0.25) is 0 Å². The van der Waals surface area contributed by atoms with E-state index in [1.54, 1.807) is 0 Å². The Morgan fingerprint density at radius 2 is 1.77 bits per heavy atom. The summed E-state index contributed by atoms with van der Waals surface area (Å²) in [6, 6.07) is 16.0. The Morgan fingerprint density at radius 1 is 1.10 bits per heavy atom. The fourth-order valence-corrected chi connectivity index (χ4v) is 4.65. The lowest BCUT2D eigenvalue weighted by atomic mass is 9.92. The zero-order chi connectivity index (χ0) is 20.7. The number of ether oxygens (including phenoxy) is 1. The van der Waals surface area contributed by atoms with E-state index < -0.39 is 12.1 Å². The lowest BCUT2D eigenvalue weighted by Gasteiger charge is -2.23. The molecule has 7 heteroatoms. The number of hydrogen-bond donors (Lipinski definition) is 3. The second kappa shape index (κ2) is 7.33. The first-order valence-electron chi connectivity index (χ1n) is 10.1. The molecular weight excluding hydrogens is 382 g/mol. The van der Waals surface area contributed by atoms with Crippen molar-refractivity contribution in [3.8, 4) is 11.1 Å². The van der Waals surface area contributed by atoms with Crippen molar-refractivity contribution in [1.29, 1.82) is 0 Å². The van der Waals surface area contributed by atoms with E-state index >= 15 is 0 Å². The van der Waals surface area contributed by atoms with Crippen molar-refractivity contribution in [3.05, 3.63) is 76.6 Å². The van der Waals surface area contributed by atoms with E-state index in [2.05, 4.69) is 39.8 Å². The third-order valence-corrected chi connectivity index (χ3v) is 6.01. The molecule has 0 spiro atoms. The number of rotatable bonds is 4. The number of nitrogens with zero attached hydrogens (tertiary/aromatic N) is 1. The molecule has 5 rings (SSSR count). The molecule has 1 unspecified atom stereocenters. The van der Waals surface area contributed by atoms with Gasteiger partial charge in [0.15, 0.2) is 5.69 Å². The van der Waals surface area contributed by atoms with Gasteiger partial charge in [-0.15, -0.1) is 0 Å². The maximum Gasteiger partial charge on any atom is 0.407 e. The fourth-order valence-electron chi connectivity index (χ4n) is 4.65. The zero-order valence-electron chi connectivity index (χ0n) is 16.2. The van der Waals surface area contributed by atoms with Crippen LogP contribution in [0.25, 0.3) is 11.1 Å². The normalized spacial score (nSPS) is 17.0. The molecule has 0 saturated carbocycles. The van der Waals surface area contributed by atoms with Crippen LogP contribution < -0.4 is 5.32 Å². The third-order valence-electron chi connectivity index (χ3n) is 6.01. The summed E-state index contributed by atoms with van der Waals surface area (Å²) >= 11 is 0. The molecule has 7 nitrogen and oxygen atoms in total. The average molecular weight is 403 g/mol. The van der Waals surface area contributed by atoms with Gasteiger partial charge in [-0.3, -0.25) is 5.10 Å². The van der Waals surface area contributed by atoms with Gasteiger partial charge in [-0.05, 0) is 41.5 Å². The van der Waals surface area contributed by atoms with Gasteiger partial charge in [0.05, 0.1) is 11.7 Å². The number of carboxylic acid groups (broad SMARTS) is 1. The molecular formula is C23H21N3O4. The van der Waals surface area contributed by atoms with E-state index in [4.69, 9.17) is 4.74 Å². The van der Waals surface area contributed by atoms with Crippen molar-refractivity contribution in [1.82, 2.24) is 15.5 Å². The lowest BCUT2D eigenvalue weighted by Crippen LogP contribution is -2.32. The molecule has 1 atom stereocenters. The van der Waals surface area contributed by atoms with E-state index in [0.29, 0.717) is 24.1 Å². The number of fused-ring (bicyclic) bond motifs is 4. The molecule has 1 amide bonds. The molecule has 152 valence electrons. The molecule has 2 aliphatic carbocycles. The Kier molecular flexibility index (Phi) is 4.50. The number of aromatic amines is 1. The van der Waals surface area contributed by atoms with E-state index in [1.807, 2.05) is 24.3 Å². The van der Waals surface area contributed by atoms with Gasteiger partial charge in [0, 0.05) is 11.5 Å². The highest BCUT2D eigenvalue weighted by Crippen LogP contribution is 2.44. The molecule has 0 saturated heterocycles. The van der Waals surface area contributed by atoms with E-state index in [0.717, 1.165) is 17.5 Å². The summed E-state index contributed by atoms with van der Waals surface area (Å²) in [5, 5.41) is 18.8. The van der Waals surface area contributed by atoms with E-state index in [1.165, 1.54) is 11.1 Å². The average Bonchev–Trinajstić information content (AvgIpc) is 3.33. The number of H-pyrrole nitrogens is 1. The topological polar surface area (TPSA) is 104 Å². The van der Waals surface area contributed by atoms with Crippen LogP contribution in [0.4, 0.5) is 4.79 Å². The standard InChI is InChI=1S/C23H21N3O4/c27-22(28)21-17-10-5-11-19(20(17)25-26-21)24-23(29)30-12-18-15-8-3-1-6-13(15)14-7-2-4-9-16(14)18/h1-4,6-9,18-19H,5,10-12H2,(H,24,29)(H,25,26)(H,27,28). The van der Waals surface area contributed by atoms with Crippen molar-refractivity contribution in [2.45, 2.75) is 31.2 Å².